The zero-order chi connectivity index (χ0) is 15.0. The van der Waals surface area contributed by atoms with E-state index in [1.165, 1.54) is 5.56 Å². The molecule has 1 aliphatic rings. The number of nitrogens with one attached hydrogen (secondary N) is 1. The summed E-state index contributed by atoms with van der Waals surface area (Å²) in [5.41, 5.74) is 11.8. The molecule has 21 heavy (non-hydrogen) atoms. The maximum absolute atomic E-state index is 11.4. The van der Waals surface area contributed by atoms with Crippen molar-refractivity contribution in [2.45, 2.75) is 25.8 Å². The summed E-state index contributed by atoms with van der Waals surface area (Å²) in [6.45, 7) is 2.06. The van der Waals surface area contributed by atoms with Crippen LogP contribution >= 0.6 is 15.9 Å². The molecule has 2 aromatic rings. The first-order valence-corrected chi connectivity index (χ1v) is 7.79. The molecule has 3 rings (SSSR count). The SMILES string of the molecule is Cc1cccc(C(N)c2ccc3c(c2)CCC(=O)N3)c1Br. The molecular weight excluding hydrogens is 328 g/mol. The maximum Gasteiger partial charge on any atom is 0.224 e. The normalized spacial score (nSPS) is 15.3. The van der Waals surface area contributed by atoms with E-state index in [1.807, 2.05) is 24.3 Å². The van der Waals surface area contributed by atoms with Gasteiger partial charge in [-0.1, -0.05) is 46.3 Å². The number of carbonyl (C=O) groups excluding carboxylic acids is 1. The monoisotopic (exact) mass is 344 g/mol. The average Bonchev–Trinajstić information content (AvgIpc) is 2.49. The molecule has 4 heteroatoms. The summed E-state index contributed by atoms with van der Waals surface area (Å²) in [7, 11) is 0. The summed E-state index contributed by atoms with van der Waals surface area (Å²) in [4.78, 5) is 11.4. The van der Waals surface area contributed by atoms with Crippen molar-refractivity contribution in [2.24, 2.45) is 5.73 Å². The van der Waals surface area contributed by atoms with Crippen molar-refractivity contribution >= 4 is 27.5 Å². The summed E-state index contributed by atoms with van der Waals surface area (Å²) in [5.74, 6) is 0.0842. The smallest absolute Gasteiger partial charge is 0.224 e. The number of amides is 1. The van der Waals surface area contributed by atoms with Gasteiger partial charge in [0.15, 0.2) is 0 Å². The number of nitrogens with two attached hydrogens (primary N) is 1. The highest BCUT2D eigenvalue weighted by Crippen LogP contribution is 2.32. The lowest BCUT2D eigenvalue weighted by Crippen LogP contribution is -2.20. The molecule has 1 aliphatic heterocycles. The largest absolute Gasteiger partial charge is 0.326 e. The molecule has 0 bridgehead atoms. The number of aryl methyl sites for hydroxylation is 2. The molecule has 0 aromatic heterocycles. The second-order valence-corrected chi connectivity index (χ2v) is 6.21. The van der Waals surface area contributed by atoms with Crippen molar-refractivity contribution in [3.05, 3.63) is 63.1 Å². The van der Waals surface area contributed by atoms with Crippen molar-refractivity contribution in [3.8, 4) is 0 Å². The van der Waals surface area contributed by atoms with Crippen LogP contribution in [-0.2, 0) is 11.2 Å². The first kappa shape index (κ1) is 14.3. The molecule has 1 heterocycles. The highest BCUT2D eigenvalue weighted by molar-refractivity contribution is 9.10. The molecule has 0 saturated heterocycles. The van der Waals surface area contributed by atoms with Crippen molar-refractivity contribution in [2.75, 3.05) is 5.32 Å². The highest BCUT2D eigenvalue weighted by Gasteiger charge is 2.18. The van der Waals surface area contributed by atoms with Crippen LogP contribution in [0.4, 0.5) is 5.69 Å². The lowest BCUT2D eigenvalue weighted by Gasteiger charge is -2.21. The van der Waals surface area contributed by atoms with Gasteiger partial charge in [-0.15, -0.1) is 0 Å². The van der Waals surface area contributed by atoms with E-state index < -0.39 is 0 Å². The average molecular weight is 345 g/mol. The molecule has 1 unspecified atom stereocenters. The molecule has 0 radical (unpaired) electrons. The minimum Gasteiger partial charge on any atom is -0.326 e. The zero-order valence-corrected chi connectivity index (χ0v) is 13.4. The summed E-state index contributed by atoms with van der Waals surface area (Å²) in [6.07, 6.45) is 1.32. The van der Waals surface area contributed by atoms with Crippen LogP contribution in [0.15, 0.2) is 40.9 Å². The van der Waals surface area contributed by atoms with Gasteiger partial charge in [0.2, 0.25) is 5.91 Å². The Morgan fingerprint density at radius 2 is 2.05 bits per heavy atom. The van der Waals surface area contributed by atoms with E-state index in [-0.39, 0.29) is 11.9 Å². The van der Waals surface area contributed by atoms with E-state index >= 15 is 0 Å². The highest BCUT2D eigenvalue weighted by atomic mass is 79.9. The van der Waals surface area contributed by atoms with Crippen LogP contribution in [0.2, 0.25) is 0 Å². The van der Waals surface area contributed by atoms with E-state index in [0.717, 1.165) is 33.3 Å². The molecule has 0 spiro atoms. The first-order chi connectivity index (χ1) is 10.1. The fourth-order valence-corrected chi connectivity index (χ4v) is 3.20. The summed E-state index contributed by atoms with van der Waals surface area (Å²) < 4.78 is 1.06. The molecule has 108 valence electrons. The van der Waals surface area contributed by atoms with Crippen LogP contribution in [0.1, 0.15) is 34.7 Å². The molecule has 0 saturated carbocycles. The fourth-order valence-electron chi connectivity index (χ4n) is 2.69. The van der Waals surface area contributed by atoms with Crippen LogP contribution in [0.25, 0.3) is 0 Å². The number of hydrogen-bond acceptors (Lipinski definition) is 2. The van der Waals surface area contributed by atoms with Gasteiger partial charge in [-0.05, 0) is 41.7 Å². The van der Waals surface area contributed by atoms with Crippen LogP contribution in [0.5, 0.6) is 0 Å². The molecule has 3 nitrogen and oxygen atoms in total. The Hall–Kier alpha value is -1.65. The Morgan fingerprint density at radius 3 is 2.86 bits per heavy atom. The molecule has 1 atom stereocenters. The molecule has 0 fully saturated rings. The summed E-state index contributed by atoms with van der Waals surface area (Å²) in [6, 6.07) is 12.0. The topological polar surface area (TPSA) is 55.1 Å². The van der Waals surface area contributed by atoms with E-state index in [9.17, 15) is 4.79 Å². The Labute approximate surface area is 132 Å². The number of fused-ring (bicyclic) bond motifs is 1. The fraction of sp³-hybridized carbons (Fsp3) is 0.235. The lowest BCUT2D eigenvalue weighted by molar-refractivity contribution is -0.116. The molecule has 3 N–H and O–H groups in total. The number of halogens is 1. The van der Waals surface area contributed by atoms with E-state index in [0.29, 0.717) is 6.42 Å². The second-order valence-electron chi connectivity index (χ2n) is 5.42. The Kier molecular flexibility index (Phi) is 3.83. The third-order valence-corrected chi connectivity index (χ3v) is 5.02. The number of benzene rings is 2. The van der Waals surface area contributed by atoms with Crippen LogP contribution in [0.3, 0.4) is 0 Å². The lowest BCUT2D eigenvalue weighted by atomic mass is 9.93. The first-order valence-electron chi connectivity index (χ1n) is 6.99. The molecular formula is C17H17BrN2O. The van der Waals surface area contributed by atoms with Crippen molar-refractivity contribution < 1.29 is 4.79 Å². The second kappa shape index (κ2) is 5.62. The van der Waals surface area contributed by atoms with Crippen molar-refractivity contribution in [1.82, 2.24) is 0 Å². The predicted molar refractivity (Wildman–Crippen MR) is 88.3 cm³/mol. The number of anilines is 1. The number of hydrogen-bond donors (Lipinski definition) is 2. The van der Waals surface area contributed by atoms with Gasteiger partial charge in [-0.3, -0.25) is 4.79 Å². The third kappa shape index (κ3) is 2.74. The van der Waals surface area contributed by atoms with Gasteiger partial charge in [-0.2, -0.15) is 0 Å². The Balaban J connectivity index is 1.97. The number of rotatable bonds is 2. The summed E-state index contributed by atoms with van der Waals surface area (Å²) in [5, 5.41) is 2.90. The van der Waals surface area contributed by atoms with Crippen LogP contribution < -0.4 is 11.1 Å². The minimum absolute atomic E-state index is 0.0842. The van der Waals surface area contributed by atoms with Crippen molar-refractivity contribution in [1.29, 1.82) is 0 Å². The van der Waals surface area contributed by atoms with Gasteiger partial charge in [0.05, 0.1) is 6.04 Å². The van der Waals surface area contributed by atoms with E-state index in [2.05, 4.69) is 40.3 Å². The van der Waals surface area contributed by atoms with Crippen molar-refractivity contribution in [3.63, 3.8) is 0 Å². The maximum atomic E-state index is 11.4. The van der Waals surface area contributed by atoms with Gasteiger partial charge in [0, 0.05) is 16.6 Å². The van der Waals surface area contributed by atoms with Gasteiger partial charge >= 0.3 is 0 Å². The van der Waals surface area contributed by atoms with Crippen LogP contribution in [-0.4, -0.2) is 5.91 Å². The zero-order valence-electron chi connectivity index (χ0n) is 11.8. The number of carbonyl (C=O) groups is 1. The standard InChI is InChI=1S/C17H17BrN2O/c1-10-3-2-4-13(16(10)18)17(19)12-5-7-14-11(9-12)6-8-15(21)20-14/h2-5,7,9,17H,6,8,19H2,1H3,(H,20,21). The van der Waals surface area contributed by atoms with Gasteiger partial charge in [0.25, 0.3) is 0 Å². The molecule has 0 aliphatic carbocycles. The summed E-state index contributed by atoms with van der Waals surface area (Å²) >= 11 is 3.62. The van der Waals surface area contributed by atoms with Crippen LogP contribution in [0, 0.1) is 6.92 Å². The minimum atomic E-state index is -0.179. The van der Waals surface area contributed by atoms with Gasteiger partial charge in [0.1, 0.15) is 0 Å². The molecule has 1 amide bonds. The van der Waals surface area contributed by atoms with Gasteiger partial charge in [-0.25, -0.2) is 0 Å². The quantitative estimate of drug-likeness (QED) is 0.872. The Morgan fingerprint density at radius 1 is 1.24 bits per heavy atom. The Bertz CT molecular complexity index is 712. The van der Waals surface area contributed by atoms with E-state index in [4.69, 9.17) is 5.73 Å². The third-order valence-electron chi connectivity index (χ3n) is 3.94. The van der Waals surface area contributed by atoms with Gasteiger partial charge < -0.3 is 11.1 Å². The predicted octanol–water partition coefficient (Wildman–Crippen LogP) is 3.69. The van der Waals surface area contributed by atoms with E-state index in [1.54, 1.807) is 0 Å². The molecule has 2 aromatic carbocycles.